The van der Waals surface area contributed by atoms with Crippen LogP contribution in [0.1, 0.15) is 24.7 Å². The van der Waals surface area contributed by atoms with Gasteiger partial charge in [-0.05, 0) is 19.9 Å². The molecule has 17 heavy (non-hydrogen) atoms. The molecule has 5 heteroatoms. The normalized spacial score (nSPS) is 11.4. The molecule has 2 rings (SSSR count). The Balaban J connectivity index is 2.91. The van der Waals surface area contributed by atoms with Gasteiger partial charge >= 0.3 is 0 Å². The van der Waals surface area contributed by atoms with E-state index in [1.54, 1.807) is 6.92 Å². The van der Waals surface area contributed by atoms with Crippen molar-refractivity contribution in [1.82, 2.24) is 9.55 Å². The number of halogens is 2. The topological polar surface area (TPSA) is 34.9 Å². The van der Waals surface area contributed by atoms with Crippen molar-refractivity contribution in [3.05, 3.63) is 39.9 Å². The highest BCUT2D eigenvalue weighted by atomic mass is 19.3. The molecule has 0 amide bonds. The molecule has 90 valence electrons. The summed E-state index contributed by atoms with van der Waals surface area (Å²) in [6, 6.07) is 4.29. The maximum absolute atomic E-state index is 12.8. The average molecular weight is 238 g/mol. The lowest BCUT2D eigenvalue weighted by Crippen LogP contribution is -2.23. The van der Waals surface area contributed by atoms with E-state index in [0.717, 1.165) is 0 Å². The maximum Gasteiger partial charge on any atom is 0.265 e. The molecule has 0 aliphatic heterocycles. The number of hydrogen-bond donors (Lipinski definition) is 0. The van der Waals surface area contributed by atoms with Gasteiger partial charge in [-0.25, -0.2) is 13.8 Å². The van der Waals surface area contributed by atoms with E-state index in [0.29, 0.717) is 12.4 Å². The van der Waals surface area contributed by atoms with Crippen molar-refractivity contribution >= 4 is 10.9 Å². The fraction of sp³-hybridized carbons (Fsp3) is 0.333. The number of rotatable bonds is 2. The minimum absolute atomic E-state index is 0.106. The number of alkyl halides is 2. The van der Waals surface area contributed by atoms with Crippen LogP contribution in [-0.2, 0) is 6.54 Å². The van der Waals surface area contributed by atoms with Gasteiger partial charge in [0.15, 0.2) is 0 Å². The maximum atomic E-state index is 12.8. The second-order valence-electron chi connectivity index (χ2n) is 3.75. The average Bonchev–Trinajstić information content (AvgIpc) is 2.28. The van der Waals surface area contributed by atoms with E-state index < -0.39 is 6.43 Å². The molecule has 0 radical (unpaired) electrons. The Bertz CT molecular complexity index is 620. The van der Waals surface area contributed by atoms with Gasteiger partial charge in [0.1, 0.15) is 5.82 Å². The Morgan fingerprint density at radius 1 is 1.41 bits per heavy atom. The van der Waals surface area contributed by atoms with Gasteiger partial charge in [0.25, 0.3) is 12.0 Å². The summed E-state index contributed by atoms with van der Waals surface area (Å²) in [6.07, 6.45) is -2.62. The smallest absolute Gasteiger partial charge is 0.265 e. The summed E-state index contributed by atoms with van der Waals surface area (Å²) in [5.74, 6) is 0.457. The first-order chi connectivity index (χ1) is 8.06. The zero-order chi connectivity index (χ0) is 12.6. The largest absolute Gasteiger partial charge is 0.297 e. The number of hydrogen-bond acceptors (Lipinski definition) is 2. The van der Waals surface area contributed by atoms with Gasteiger partial charge in [-0.15, -0.1) is 0 Å². The summed E-state index contributed by atoms with van der Waals surface area (Å²) in [6.45, 7) is 3.94. The van der Waals surface area contributed by atoms with Crippen LogP contribution >= 0.6 is 0 Å². The fourth-order valence-corrected chi connectivity index (χ4v) is 1.92. The number of para-hydroxylation sites is 1. The van der Waals surface area contributed by atoms with Gasteiger partial charge in [-0.2, -0.15) is 0 Å². The molecule has 0 N–H and O–H groups in total. The summed E-state index contributed by atoms with van der Waals surface area (Å²) in [7, 11) is 0. The number of benzene rings is 1. The van der Waals surface area contributed by atoms with Gasteiger partial charge in [-0.3, -0.25) is 9.36 Å². The highest BCUT2D eigenvalue weighted by Crippen LogP contribution is 2.24. The first-order valence-corrected chi connectivity index (χ1v) is 5.34. The molecule has 0 bridgehead atoms. The van der Waals surface area contributed by atoms with Crippen LogP contribution in [0.25, 0.3) is 10.9 Å². The van der Waals surface area contributed by atoms with E-state index in [1.165, 1.54) is 22.8 Å². The third-order valence-corrected chi connectivity index (χ3v) is 2.76. The summed E-state index contributed by atoms with van der Waals surface area (Å²) in [5.41, 5.74) is -0.349. The molecular weight excluding hydrogens is 226 g/mol. The molecule has 0 fully saturated rings. The van der Waals surface area contributed by atoms with Crippen LogP contribution in [0.5, 0.6) is 0 Å². The molecule has 2 aromatic rings. The number of nitrogens with zero attached hydrogens (tertiary/aromatic N) is 2. The third-order valence-electron chi connectivity index (χ3n) is 2.76. The first-order valence-electron chi connectivity index (χ1n) is 5.34. The SMILES string of the molecule is CCn1c(C)nc2c(C(F)F)cccc2c1=O. The highest BCUT2D eigenvalue weighted by molar-refractivity contribution is 5.81. The Labute approximate surface area is 96.7 Å². The van der Waals surface area contributed by atoms with E-state index in [1.807, 2.05) is 6.92 Å². The zero-order valence-corrected chi connectivity index (χ0v) is 9.58. The van der Waals surface area contributed by atoms with Crippen LogP contribution in [0, 0.1) is 6.92 Å². The molecule has 1 heterocycles. The van der Waals surface area contributed by atoms with Crippen LogP contribution < -0.4 is 5.56 Å². The standard InChI is InChI=1S/C12H12F2N2O/c1-3-16-7(2)15-10-8(11(13)14)5-4-6-9(10)12(16)17/h4-6,11H,3H2,1-2H3. The van der Waals surface area contributed by atoms with Gasteiger partial charge in [0.05, 0.1) is 10.9 Å². The van der Waals surface area contributed by atoms with E-state index >= 15 is 0 Å². The fourth-order valence-electron chi connectivity index (χ4n) is 1.92. The highest BCUT2D eigenvalue weighted by Gasteiger charge is 2.15. The molecule has 0 unspecified atom stereocenters. The first kappa shape index (κ1) is 11.7. The second kappa shape index (κ2) is 4.24. The lowest BCUT2D eigenvalue weighted by atomic mass is 10.1. The third kappa shape index (κ3) is 1.81. The second-order valence-corrected chi connectivity index (χ2v) is 3.75. The van der Waals surface area contributed by atoms with Gasteiger partial charge in [-0.1, -0.05) is 12.1 Å². The lowest BCUT2D eigenvalue weighted by molar-refractivity contribution is 0.153. The van der Waals surface area contributed by atoms with Crippen LogP contribution in [0.4, 0.5) is 8.78 Å². The summed E-state index contributed by atoms with van der Waals surface area (Å²) < 4.78 is 27.1. The van der Waals surface area contributed by atoms with Crippen molar-refractivity contribution < 1.29 is 8.78 Å². The molecule has 0 saturated carbocycles. The molecule has 0 atom stereocenters. The number of fused-ring (bicyclic) bond motifs is 1. The Morgan fingerprint density at radius 2 is 2.12 bits per heavy atom. The number of aromatic nitrogens is 2. The summed E-state index contributed by atoms with van der Waals surface area (Å²) in [4.78, 5) is 16.1. The molecule has 0 aliphatic rings. The molecular formula is C12H12F2N2O. The van der Waals surface area contributed by atoms with Gasteiger partial charge in [0.2, 0.25) is 0 Å². The molecule has 1 aromatic heterocycles. The van der Waals surface area contributed by atoms with Crippen LogP contribution in [-0.4, -0.2) is 9.55 Å². The molecule has 0 spiro atoms. The van der Waals surface area contributed by atoms with Crippen LogP contribution in [0.15, 0.2) is 23.0 Å². The van der Waals surface area contributed by atoms with Crippen molar-refractivity contribution in [3.8, 4) is 0 Å². The molecule has 1 aromatic carbocycles. The minimum Gasteiger partial charge on any atom is -0.297 e. The van der Waals surface area contributed by atoms with Gasteiger partial charge in [0, 0.05) is 12.1 Å². The van der Waals surface area contributed by atoms with Crippen molar-refractivity contribution in [2.24, 2.45) is 0 Å². The van der Waals surface area contributed by atoms with E-state index in [9.17, 15) is 13.6 Å². The Morgan fingerprint density at radius 3 is 2.71 bits per heavy atom. The Hall–Kier alpha value is -1.78. The predicted molar refractivity (Wildman–Crippen MR) is 61.4 cm³/mol. The van der Waals surface area contributed by atoms with E-state index in [2.05, 4.69) is 4.98 Å². The van der Waals surface area contributed by atoms with Crippen molar-refractivity contribution in [2.45, 2.75) is 26.8 Å². The summed E-state index contributed by atoms with van der Waals surface area (Å²) >= 11 is 0. The zero-order valence-electron chi connectivity index (χ0n) is 9.58. The van der Waals surface area contributed by atoms with Crippen LogP contribution in [0.3, 0.4) is 0 Å². The van der Waals surface area contributed by atoms with E-state index in [-0.39, 0.29) is 22.0 Å². The monoisotopic (exact) mass is 238 g/mol. The number of aryl methyl sites for hydroxylation is 1. The van der Waals surface area contributed by atoms with Gasteiger partial charge < -0.3 is 0 Å². The minimum atomic E-state index is -2.62. The molecule has 0 saturated heterocycles. The summed E-state index contributed by atoms with van der Waals surface area (Å²) in [5, 5.41) is 0.246. The quantitative estimate of drug-likeness (QED) is 0.806. The van der Waals surface area contributed by atoms with Crippen LogP contribution in [0.2, 0.25) is 0 Å². The Kier molecular flexibility index (Phi) is 2.92. The van der Waals surface area contributed by atoms with Crippen molar-refractivity contribution in [2.75, 3.05) is 0 Å². The van der Waals surface area contributed by atoms with Crippen molar-refractivity contribution in [3.63, 3.8) is 0 Å². The molecule has 3 nitrogen and oxygen atoms in total. The van der Waals surface area contributed by atoms with Crippen molar-refractivity contribution in [1.29, 1.82) is 0 Å². The predicted octanol–water partition coefficient (Wildman–Crippen LogP) is 2.66. The van der Waals surface area contributed by atoms with E-state index in [4.69, 9.17) is 0 Å². The lowest BCUT2D eigenvalue weighted by Gasteiger charge is -2.10. The molecule has 0 aliphatic carbocycles.